The van der Waals surface area contributed by atoms with E-state index < -0.39 is 97.5 Å². The summed E-state index contributed by atoms with van der Waals surface area (Å²) in [5.74, 6) is -2.17. The van der Waals surface area contributed by atoms with E-state index in [0.29, 0.717) is 25.7 Å². The van der Waals surface area contributed by atoms with Gasteiger partial charge in [0.25, 0.3) is 0 Å². The highest BCUT2D eigenvalue weighted by Gasteiger charge is 2.30. The molecule has 0 aromatic rings. The van der Waals surface area contributed by atoms with Crippen LogP contribution in [0.1, 0.15) is 329 Å². The summed E-state index contributed by atoms with van der Waals surface area (Å²) in [5, 5.41) is 10.5. The first-order chi connectivity index (χ1) is 42.2. The van der Waals surface area contributed by atoms with Gasteiger partial charge in [0.05, 0.1) is 26.4 Å². The fourth-order valence-corrected chi connectivity index (χ4v) is 11.4. The highest BCUT2D eigenvalue weighted by molar-refractivity contribution is 7.47. The molecule has 0 aliphatic carbocycles. The molecule has 5 atom stereocenters. The van der Waals surface area contributed by atoms with E-state index >= 15 is 0 Å². The number of aliphatic hydroxyl groups is 1. The Morgan fingerprint density at radius 3 is 0.839 bits per heavy atom. The Bertz CT molecular complexity index is 1760. The molecule has 0 radical (unpaired) electrons. The van der Waals surface area contributed by atoms with E-state index in [1.165, 1.54) is 135 Å². The quantitative estimate of drug-likeness (QED) is 0.0169. The van der Waals surface area contributed by atoms with Crippen molar-refractivity contribution in [2.75, 3.05) is 39.6 Å². The third-order valence-corrected chi connectivity index (χ3v) is 17.1. The normalized spacial score (nSPS) is 14.2. The molecule has 0 amide bonds. The summed E-state index contributed by atoms with van der Waals surface area (Å²) < 4.78 is 67.9. The van der Waals surface area contributed by atoms with Crippen LogP contribution in [0.25, 0.3) is 0 Å². The highest BCUT2D eigenvalue weighted by atomic mass is 31.2. The number of esters is 4. The number of carbonyl (C=O) groups excluding carboxylic acids is 4. The van der Waals surface area contributed by atoms with Crippen molar-refractivity contribution in [1.82, 2.24) is 0 Å². The summed E-state index contributed by atoms with van der Waals surface area (Å²) in [6, 6.07) is 0. The third-order valence-electron chi connectivity index (χ3n) is 15.2. The highest BCUT2D eigenvalue weighted by Crippen LogP contribution is 2.45. The monoisotopic (exact) mass is 1280 g/mol. The number of hydrogen-bond donors (Lipinski definition) is 3. The molecule has 0 heterocycles. The first-order valence-electron chi connectivity index (χ1n) is 35.1. The number of phosphoric acid groups is 2. The molecular weight excluding hydrogens is 1150 g/mol. The van der Waals surface area contributed by atoms with Crippen molar-refractivity contribution in [3.63, 3.8) is 0 Å². The number of aliphatic hydroxyl groups excluding tert-OH is 1. The molecule has 0 aliphatic heterocycles. The van der Waals surface area contributed by atoms with E-state index in [2.05, 4.69) is 52.0 Å². The lowest BCUT2D eigenvalue weighted by Gasteiger charge is -2.21. The summed E-state index contributed by atoms with van der Waals surface area (Å²) in [6.45, 7) is 4.77. The maximum Gasteiger partial charge on any atom is 0.472 e. The van der Waals surface area contributed by atoms with Crippen LogP contribution in [0.3, 0.4) is 0 Å². The van der Waals surface area contributed by atoms with Gasteiger partial charge in [-0.1, -0.05) is 277 Å². The first kappa shape index (κ1) is 84.5. The number of rotatable bonds is 67. The van der Waals surface area contributed by atoms with Gasteiger partial charge in [0.15, 0.2) is 12.2 Å². The van der Waals surface area contributed by atoms with E-state index in [0.717, 1.165) is 116 Å². The van der Waals surface area contributed by atoms with Crippen LogP contribution in [0.2, 0.25) is 0 Å². The molecule has 0 rings (SSSR count). The zero-order chi connectivity index (χ0) is 64.0. The van der Waals surface area contributed by atoms with Crippen molar-refractivity contribution < 1.29 is 80.2 Å². The number of hydrogen-bond acceptors (Lipinski definition) is 15. The van der Waals surface area contributed by atoms with Gasteiger partial charge in [-0.3, -0.25) is 37.3 Å². The second-order valence-corrected chi connectivity index (χ2v) is 26.8. The Kier molecular flexibility index (Phi) is 60.6. The van der Waals surface area contributed by atoms with Gasteiger partial charge >= 0.3 is 39.5 Å². The topological polar surface area (TPSA) is 237 Å². The average molecular weight is 1280 g/mol. The minimum absolute atomic E-state index is 0.102. The van der Waals surface area contributed by atoms with E-state index in [1.54, 1.807) is 0 Å². The van der Waals surface area contributed by atoms with Crippen molar-refractivity contribution in [2.45, 2.75) is 348 Å². The van der Waals surface area contributed by atoms with Gasteiger partial charge in [-0.15, -0.1) is 0 Å². The van der Waals surface area contributed by atoms with Crippen LogP contribution < -0.4 is 0 Å². The molecule has 0 saturated carbocycles. The summed E-state index contributed by atoms with van der Waals surface area (Å²) in [6.07, 6.45) is 52.5. The van der Waals surface area contributed by atoms with Gasteiger partial charge in [0.1, 0.15) is 19.3 Å². The van der Waals surface area contributed by atoms with Gasteiger partial charge in [0, 0.05) is 25.7 Å². The van der Waals surface area contributed by atoms with E-state index in [4.69, 9.17) is 37.0 Å². The van der Waals surface area contributed by atoms with Gasteiger partial charge in [-0.05, 0) is 51.4 Å². The smallest absolute Gasteiger partial charge is 0.462 e. The molecule has 0 saturated heterocycles. The number of carbonyl (C=O) groups is 4. The Balaban J connectivity index is 5.20. The molecule has 0 spiro atoms. The predicted octanol–water partition coefficient (Wildman–Crippen LogP) is 19.1. The minimum Gasteiger partial charge on any atom is -0.462 e. The van der Waals surface area contributed by atoms with Crippen LogP contribution >= 0.6 is 15.6 Å². The fourth-order valence-electron chi connectivity index (χ4n) is 9.80. The van der Waals surface area contributed by atoms with Crippen molar-refractivity contribution in [1.29, 1.82) is 0 Å². The van der Waals surface area contributed by atoms with Crippen LogP contribution in [-0.2, 0) is 65.4 Å². The number of allylic oxidation sites excluding steroid dienone is 4. The number of phosphoric ester groups is 2. The van der Waals surface area contributed by atoms with E-state index in [9.17, 15) is 43.2 Å². The average Bonchev–Trinajstić information content (AvgIpc) is 3.71. The largest absolute Gasteiger partial charge is 0.472 e. The fraction of sp³-hybridized carbons (Fsp3) is 0.882. The molecule has 512 valence electrons. The Morgan fingerprint density at radius 1 is 0.322 bits per heavy atom. The molecule has 19 heteroatoms. The van der Waals surface area contributed by atoms with E-state index in [1.807, 2.05) is 0 Å². The van der Waals surface area contributed by atoms with Crippen molar-refractivity contribution in [2.24, 2.45) is 0 Å². The second-order valence-electron chi connectivity index (χ2n) is 23.9. The maximum absolute atomic E-state index is 13.0. The van der Waals surface area contributed by atoms with Crippen LogP contribution in [0.5, 0.6) is 0 Å². The summed E-state index contributed by atoms with van der Waals surface area (Å²) >= 11 is 0. The predicted molar refractivity (Wildman–Crippen MR) is 349 cm³/mol. The van der Waals surface area contributed by atoms with Gasteiger partial charge in [-0.25, -0.2) is 9.13 Å². The number of ether oxygens (including phenoxy) is 4. The first-order valence-corrected chi connectivity index (χ1v) is 38.1. The lowest BCUT2D eigenvalue weighted by atomic mass is 10.0. The summed E-state index contributed by atoms with van der Waals surface area (Å²) in [4.78, 5) is 72.1. The molecule has 3 N–H and O–H groups in total. The van der Waals surface area contributed by atoms with Gasteiger partial charge in [0.2, 0.25) is 0 Å². The molecule has 0 aromatic heterocycles. The van der Waals surface area contributed by atoms with Crippen LogP contribution in [0, 0.1) is 0 Å². The lowest BCUT2D eigenvalue weighted by molar-refractivity contribution is -0.161. The molecule has 0 aromatic carbocycles. The SMILES string of the molecule is CCCCCC/C=C\C=C/CCCCCCCC(=O)OC[C@H](COP(=O)(O)OC[C@@H](O)COP(=O)(O)OC[C@@H](COC(=O)CCCCCCC)OC(=O)CCCCCCCCCCCCC)OC(=O)CCCCCCCCCCCCCCCCCC. The Hall–Kier alpha value is -2.46. The van der Waals surface area contributed by atoms with Crippen LogP contribution in [-0.4, -0.2) is 96.7 Å². The second kappa shape index (κ2) is 62.4. The summed E-state index contributed by atoms with van der Waals surface area (Å²) in [5.41, 5.74) is 0. The molecule has 0 aliphatic rings. The lowest BCUT2D eigenvalue weighted by Crippen LogP contribution is -2.30. The van der Waals surface area contributed by atoms with Crippen LogP contribution in [0.4, 0.5) is 0 Å². The van der Waals surface area contributed by atoms with Crippen molar-refractivity contribution in [3.8, 4) is 0 Å². The van der Waals surface area contributed by atoms with Crippen molar-refractivity contribution in [3.05, 3.63) is 24.3 Å². The molecular formula is C68H128O17P2. The third kappa shape index (κ3) is 62.1. The Labute approximate surface area is 529 Å². The molecule has 0 fully saturated rings. The van der Waals surface area contributed by atoms with Crippen LogP contribution in [0.15, 0.2) is 24.3 Å². The zero-order valence-corrected chi connectivity index (χ0v) is 57.3. The number of unbranched alkanes of at least 4 members (excludes halogenated alkanes) is 38. The Morgan fingerprint density at radius 2 is 0.552 bits per heavy atom. The standard InChI is InChI=1S/C68H128O17P2/c1-5-9-13-17-20-23-26-28-30-32-34-37-40-43-47-51-55-68(73)85-64(59-79-66(71)53-49-45-41-38-36-33-31-29-27-24-21-18-14-10-6-2)61-83-87(76,77)81-57-62(69)56-80-86(74,75)82-60-63(58-78-65(70)52-48-44-16-12-8-4)84-67(72)54-50-46-42-39-35-25-22-19-15-11-7-3/h24,27,29,31,62-64,69H,5-23,25-26,28,30,32-61H2,1-4H3,(H,74,75)(H,76,77)/b27-24-,31-29-/t62-,63+,64+/m0/s1. The van der Waals surface area contributed by atoms with Gasteiger partial charge in [-0.2, -0.15) is 0 Å². The van der Waals surface area contributed by atoms with Gasteiger partial charge < -0.3 is 33.8 Å². The zero-order valence-electron chi connectivity index (χ0n) is 55.5. The summed E-state index contributed by atoms with van der Waals surface area (Å²) in [7, 11) is -9.89. The molecule has 17 nitrogen and oxygen atoms in total. The molecule has 87 heavy (non-hydrogen) atoms. The molecule has 0 bridgehead atoms. The molecule has 2 unspecified atom stereocenters. The van der Waals surface area contributed by atoms with E-state index in [-0.39, 0.29) is 25.7 Å². The minimum atomic E-state index is -4.95. The van der Waals surface area contributed by atoms with Crippen molar-refractivity contribution >= 4 is 39.5 Å². The maximum atomic E-state index is 13.0.